The van der Waals surface area contributed by atoms with Crippen molar-refractivity contribution >= 4 is 0 Å². The molecule has 88 valence electrons. The summed E-state index contributed by atoms with van der Waals surface area (Å²) < 4.78 is 10.7. The number of hydrogen-bond donors (Lipinski definition) is 1. The van der Waals surface area contributed by atoms with Gasteiger partial charge in [0.25, 0.3) is 0 Å². The summed E-state index contributed by atoms with van der Waals surface area (Å²) in [6.45, 7) is 2.33. The highest BCUT2D eigenvalue weighted by molar-refractivity contribution is 5.33. The van der Waals surface area contributed by atoms with Crippen molar-refractivity contribution < 1.29 is 9.47 Å². The lowest BCUT2D eigenvalue weighted by Gasteiger charge is -2.27. The van der Waals surface area contributed by atoms with Crippen molar-refractivity contribution in [1.82, 2.24) is 0 Å². The first-order valence-corrected chi connectivity index (χ1v) is 5.73. The lowest BCUT2D eigenvalue weighted by molar-refractivity contribution is 0.175. The molecule has 3 heteroatoms. The highest BCUT2D eigenvalue weighted by atomic mass is 16.5. The van der Waals surface area contributed by atoms with E-state index >= 15 is 0 Å². The molecule has 0 aliphatic carbocycles. The Morgan fingerprint density at radius 2 is 2.12 bits per heavy atom. The zero-order chi connectivity index (χ0) is 11.4. The predicted octanol–water partition coefficient (Wildman–Crippen LogP) is 1.70. The third-order valence-electron chi connectivity index (χ3n) is 3.43. The maximum atomic E-state index is 5.71. The average Bonchev–Trinajstić information content (AvgIpc) is 2.80. The first kappa shape index (κ1) is 11.4. The van der Waals surface area contributed by atoms with Crippen LogP contribution in [0.1, 0.15) is 18.4 Å². The van der Waals surface area contributed by atoms with Gasteiger partial charge in [-0.05, 0) is 37.1 Å². The van der Waals surface area contributed by atoms with E-state index in [2.05, 4.69) is 12.1 Å². The molecule has 16 heavy (non-hydrogen) atoms. The van der Waals surface area contributed by atoms with Crippen molar-refractivity contribution in [3.8, 4) is 5.75 Å². The molecule has 0 amide bonds. The summed E-state index contributed by atoms with van der Waals surface area (Å²) in [5, 5.41) is 0. The minimum absolute atomic E-state index is 0.126. The summed E-state index contributed by atoms with van der Waals surface area (Å²) in [4.78, 5) is 0. The predicted molar refractivity (Wildman–Crippen MR) is 63.8 cm³/mol. The van der Waals surface area contributed by atoms with Gasteiger partial charge in [0.1, 0.15) is 5.75 Å². The molecular weight excluding hydrogens is 202 g/mol. The summed E-state index contributed by atoms with van der Waals surface area (Å²) in [6, 6.07) is 8.27. The van der Waals surface area contributed by atoms with Crippen molar-refractivity contribution in [2.45, 2.75) is 18.3 Å². The Kier molecular flexibility index (Phi) is 3.46. The monoisotopic (exact) mass is 221 g/mol. The zero-order valence-electron chi connectivity index (χ0n) is 9.74. The van der Waals surface area contributed by atoms with Crippen molar-refractivity contribution in [3.63, 3.8) is 0 Å². The van der Waals surface area contributed by atoms with E-state index in [0.717, 1.165) is 31.8 Å². The molecule has 1 aliphatic heterocycles. The van der Waals surface area contributed by atoms with E-state index in [1.165, 1.54) is 5.56 Å². The second kappa shape index (κ2) is 4.85. The molecule has 1 saturated heterocycles. The minimum atomic E-state index is 0.126. The molecule has 0 saturated carbocycles. The molecular formula is C13H19NO2. The maximum Gasteiger partial charge on any atom is 0.118 e. The topological polar surface area (TPSA) is 44.5 Å². The van der Waals surface area contributed by atoms with E-state index in [-0.39, 0.29) is 5.41 Å². The van der Waals surface area contributed by atoms with E-state index in [1.807, 2.05) is 12.1 Å². The Morgan fingerprint density at radius 1 is 1.38 bits per heavy atom. The van der Waals surface area contributed by atoms with Gasteiger partial charge in [0.05, 0.1) is 13.7 Å². The quantitative estimate of drug-likeness (QED) is 0.841. The van der Waals surface area contributed by atoms with Crippen molar-refractivity contribution in [3.05, 3.63) is 29.8 Å². The lowest BCUT2D eigenvalue weighted by Crippen LogP contribution is -2.29. The molecule has 1 aromatic carbocycles. The van der Waals surface area contributed by atoms with Gasteiger partial charge in [-0.25, -0.2) is 0 Å². The number of methoxy groups -OCH3 is 1. The molecule has 3 nitrogen and oxygen atoms in total. The molecule has 1 aromatic rings. The molecule has 0 spiro atoms. The second-order valence-electron chi connectivity index (χ2n) is 4.35. The number of ether oxygens (including phenoxy) is 2. The fourth-order valence-electron chi connectivity index (χ4n) is 2.40. The summed E-state index contributed by atoms with van der Waals surface area (Å²) in [6.07, 6.45) is 2.05. The van der Waals surface area contributed by atoms with Crippen LogP contribution in [0.5, 0.6) is 5.75 Å². The Labute approximate surface area is 96.5 Å². The number of nitrogens with two attached hydrogens (primary N) is 1. The maximum absolute atomic E-state index is 5.71. The van der Waals surface area contributed by atoms with E-state index in [0.29, 0.717) is 6.54 Å². The highest BCUT2D eigenvalue weighted by Gasteiger charge is 2.35. The summed E-state index contributed by atoms with van der Waals surface area (Å²) in [5.41, 5.74) is 7.15. The Balaban J connectivity index is 2.24. The summed E-state index contributed by atoms with van der Waals surface area (Å²) in [7, 11) is 1.68. The van der Waals surface area contributed by atoms with Gasteiger partial charge < -0.3 is 15.2 Å². The fraction of sp³-hybridized carbons (Fsp3) is 0.538. The summed E-state index contributed by atoms with van der Waals surface area (Å²) >= 11 is 0. The number of rotatable bonds is 4. The largest absolute Gasteiger partial charge is 0.497 e. The first-order chi connectivity index (χ1) is 7.80. The number of hydrogen-bond acceptors (Lipinski definition) is 3. The van der Waals surface area contributed by atoms with Crippen LogP contribution in [0.15, 0.2) is 24.3 Å². The van der Waals surface area contributed by atoms with Gasteiger partial charge in [-0.3, -0.25) is 0 Å². The van der Waals surface area contributed by atoms with Gasteiger partial charge in [-0.2, -0.15) is 0 Å². The summed E-state index contributed by atoms with van der Waals surface area (Å²) in [5.74, 6) is 0.894. The van der Waals surface area contributed by atoms with Crippen LogP contribution < -0.4 is 10.5 Å². The molecule has 1 atom stereocenters. The first-order valence-electron chi connectivity index (χ1n) is 5.73. The zero-order valence-corrected chi connectivity index (χ0v) is 9.74. The van der Waals surface area contributed by atoms with Crippen LogP contribution in [0.3, 0.4) is 0 Å². The van der Waals surface area contributed by atoms with Crippen molar-refractivity contribution in [2.75, 3.05) is 26.9 Å². The molecule has 1 unspecified atom stereocenters. The van der Waals surface area contributed by atoms with E-state index in [1.54, 1.807) is 7.11 Å². The third-order valence-corrected chi connectivity index (χ3v) is 3.43. The third kappa shape index (κ3) is 2.06. The molecule has 0 bridgehead atoms. The van der Waals surface area contributed by atoms with Gasteiger partial charge in [0, 0.05) is 12.0 Å². The molecule has 2 N–H and O–H groups in total. The Morgan fingerprint density at radius 3 is 2.62 bits per heavy atom. The standard InChI is InChI=1S/C13H19NO2/c1-15-12-4-2-11(3-5-12)13(6-8-14)7-9-16-10-13/h2-5H,6-10,14H2,1H3. The van der Waals surface area contributed by atoms with Crippen molar-refractivity contribution in [2.24, 2.45) is 5.73 Å². The molecule has 1 aliphatic rings. The van der Waals surface area contributed by atoms with Crippen LogP contribution in [-0.2, 0) is 10.2 Å². The second-order valence-corrected chi connectivity index (χ2v) is 4.35. The number of benzene rings is 1. The smallest absolute Gasteiger partial charge is 0.118 e. The Hall–Kier alpha value is -1.06. The van der Waals surface area contributed by atoms with Gasteiger partial charge >= 0.3 is 0 Å². The van der Waals surface area contributed by atoms with E-state index < -0.39 is 0 Å². The van der Waals surface area contributed by atoms with Crippen molar-refractivity contribution in [1.29, 1.82) is 0 Å². The van der Waals surface area contributed by atoms with Crippen LogP contribution in [-0.4, -0.2) is 26.9 Å². The molecule has 1 fully saturated rings. The lowest BCUT2D eigenvalue weighted by atomic mass is 9.77. The SMILES string of the molecule is COc1ccc(C2(CCN)CCOC2)cc1. The van der Waals surface area contributed by atoms with E-state index in [4.69, 9.17) is 15.2 Å². The van der Waals surface area contributed by atoms with Crippen LogP contribution in [0, 0.1) is 0 Å². The molecule has 2 rings (SSSR count). The van der Waals surface area contributed by atoms with E-state index in [9.17, 15) is 0 Å². The van der Waals surface area contributed by atoms with Gasteiger partial charge in [-0.1, -0.05) is 12.1 Å². The minimum Gasteiger partial charge on any atom is -0.497 e. The molecule has 0 radical (unpaired) electrons. The van der Waals surface area contributed by atoms with Crippen LogP contribution in [0.25, 0.3) is 0 Å². The van der Waals surface area contributed by atoms with Gasteiger partial charge in [0.15, 0.2) is 0 Å². The van der Waals surface area contributed by atoms with Gasteiger partial charge in [-0.15, -0.1) is 0 Å². The average molecular weight is 221 g/mol. The van der Waals surface area contributed by atoms with Crippen LogP contribution in [0.2, 0.25) is 0 Å². The fourth-order valence-corrected chi connectivity index (χ4v) is 2.40. The Bertz CT molecular complexity index is 328. The normalized spacial score (nSPS) is 24.6. The van der Waals surface area contributed by atoms with Crippen LogP contribution >= 0.6 is 0 Å². The van der Waals surface area contributed by atoms with Crippen LogP contribution in [0.4, 0.5) is 0 Å². The highest BCUT2D eigenvalue weighted by Crippen LogP contribution is 2.36. The van der Waals surface area contributed by atoms with Gasteiger partial charge in [0.2, 0.25) is 0 Å². The molecule has 1 heterocycles. The molecule has 0 aromatic heterocycles.